The summed E-state index contributed by atoms with van der Waals surface area (Å²) in [5, 5.41) is 19.5. The fourth-order valence-electron chi connectivity index (χ4n) is 2.67. The van der Waals surface area contributed by atoms with E-state index in [-0.39, 0.29) is 17.6 Å². The van der Waals surface area contributed by atoms with E-state index in [2.05, 4.69) is 0 Å². The van der Waals surface area contributed by atoms with Crippen LogP contribution >= 0.6 is 0 Å². The number of aliphatic hydroxyl groups is 1. The minimum absolute atomic E-state index is 0.133. The van der Waals surface area contributed by atoms with E-state index in [4.69, 9.17) is 9.84 Å². The number of likely N-dealkylation sites (tertiary alicyclic amines) is 1. The minimum atomic E-state index is -1.03. The molecule has 1 aromatic rings. The van der Waals surface area contributed by atoms with Crippen LogP contribution in [0.2, 0.25) is 0 Å². The number of aromatic carboxylic acids is 1. The SMILES string of the molecule is CC(C)(C)OC(=O)N1CCC(C(O)c2cccc(C(=O)O)c2)C1. The van der Waals surface area contributed by atoms with Crippen LogP contribution in [0.25, 0.3) is 0 Å². The lowest BCUT2D eigenvalue weighted by atomic mass is 9.94. The van der Waals surface area contributed by atoms with Gasteiger partial charge in [-0.1, -0.05) is 12.1 Å². The maximum Gasteiger partial charge on any atom is 0.410 e. The number of hydrogen-bond donors (Lipinski definition) is 2. The van der Waals surface area contributed by atoms with Crippen molar-refractivity contribution in [2.24, 2.45) is 5.92 Å². The highest BCUT2D eigenvalue weighted by molar-refractivity contribution is 5.87. The fraction of sp³-hybridized carbons (Fsp3) is 0.529. The molecule has 1 saturated heterocycles. The van der Waals surface area contributed by atoms with Gasteiger partial charge in [-0.05, 0) is 44.9 Å². The Morgan fingerprint density at radius 1 is 1.35 bits per heavy atom. The highest BCUT2D eigenvalue weighted by atomic mass is 16.6. The molecule has 1 fully saturated rings. The van der Waals surface area contributed by atoms with Crippen LogP contribution in [0.15, 0.2) is 24.3 Å². The number of rotatable bonds is 3. The number of benzene rings is 1. The van der Waals surface area contributed by atoms with Gasteiger partial charge >= 0.3 is 12.1 Å². The van der Waals surface area contributed by atoms with E-state index in [9.17, 15) is 14.7 Å². The molecule has 1 aliphatic heterocycles. The Morgan fingerprint density at radius 2 is 2.04 bits per heavy atom. The number of nitrogens with zero attached hydrogens (tertiary/aromatic N) is 1. The zero-order valence-corrected chi connectivity index (χ0v) is 13.7. The van der Waals surface area contributed by atoms with Gasteiger partial charge in [-0.3, -0.25) is 0 Å². The summed E-state index contributed by atoms with van der Waals surface area (Å²) < 4.78 is 5.33. The number of carbonyl (C=O) groups excluding carboxylic acids is 1. The topological polar surface area (TPSA) is 87.1 Å². The first-order valence-corrected chi connectivity index (χ1v) is 7.66. The van der Waals surface area contributed by atoms with Crippen LogP contribution in [0.3, 0.4) is 0 Å². The van der Waals surface area contributed by atoms with Crippen LogP contribution in [-0.4, -0.2) is 45.9 Å². The molecule has 1 aliphatic rings. The van der Waals surface area contributed by atoms with Crippen molar-refractivity contribution in [2.75, 3.05) is 13.1 Å². The Bertz CT molecular complexity index is 593. The van der Waals surface area contributed by atoms with Crippen LogP contribution in [0, 0.1) is 5.92 Å². The summed E-state index contributed by atoms with van der Waals surface area (Å²) in [7, 11) is 0. The molecule has 0 spiro atoms. The van der Waals surface area contributed by atoms with Gasteiger partial charge in [0.1, 0.15) is 5.60 Å². The predicted molar refractivity (Wildman–Crippen MR) is 84.3 cm³/mol. The molecule has 2 rings (SSSR count). The Balaban J connectivity index is 2.02. The average Bonchev–Trinajstić information content (AvgIpc) is 2.94. The first-order valence-electron chi connectivity index (χ1n) is 7.66. The second-order valence-electron chi connectivity index (χ2n) is 6.85. The maximum atomic E-state index is 12.1. The minimum Gasteiger partial charge on any atom is -0.478 e. The number of aliphatic hydroxyl groups excluding tert-OH is 1. The Morgan fingerprint density at radius 3 is 2.65 bits per heavy atom. The Labute approximate surface area is 135 Å². The van der Waals surface area contributed by atoms with E-state index < -0.39 is 17.7 Å². The van der Waals surface area contributed by atoms with Gasteiger partial charge in [-0.15, -0.1) is 0 Å². The maximum absolute atomic E-state index is 12.1. The molecule has 0 bridgehead atoms. The third kappa shape index (κ3) is 4.45. The second-order valence-corrected chi connectivity index (χ2v) is 6.85. The highest BCUT2D eigenvalue weighted by Crippen LogP contribution is 2.31. The third-order valence-corrected chi connectivity index (χ3v) is 3.80. The van der Waals surface area contributed by atoms with Crippen molar-refractivity contribution in [1.82, 2.24) is 4.90 Å². The van der Waals surface area contributed by atoms with Gasteiger partial charge in [-0.2, -0.15) is 0 Å². The van der Waals surface area contributed by atoms with Crippen LogP contribution in [-0.2, 0) is 4.74 Å². The summed E-state index contributed by atoms with van der Waals surface area (Å²) in [5.41, 5.74) is 0.147. The van der Waals surface area contributed by atoms with Gasteiger partial charge in [-0.25, -0.2) is 9.59 Å². The molecule has 23 heavy (non-hydrogen) atoms. The quantitative estimate of drug-likeness (QED) is 0.894. The fourth-order valence-corrected chi connectivity index (χ4v) is 2.67. The van der Waals surface area contributed by atoms with Crippen LogP contribution in [0.5, 0.6) is 0 Å². The molecule has 126 valence electrons. The van der Waals surface area contributed by atoms with Crippen LogP contribution in [0.1, 0.15) is 49.2 Å². The molecular weight excluding hydrogens is 298 g/mol. The highest BCUT2D eigenvalue weighted by Gasteiger charge is 2.34. The summed E-state index contributed by atoms with van der Waals surface area (Å²) in [6.07, 6.45) is -0.536. The smallest absolute Gasteiger partial charge is 0.410 e. The summed E-state index contributed by atoms with van der Waals surface area (Å²) in [5.74, 6) is -1.16. The van der Waals surface area contributed by atoms with E-state index >= 15 is 0 Å². The molecule has 1 aromatic carbocycles. The van der Waals surface area contributed by atoms with Crippen molar-refractivity contribution >= 4 is 12.1 Å². The molecule has 2 N–H and O–H groups in total. The third-order valence-electron chi connectivity index (χ3n) is 3.80. The number of carboxylic acid groups (broad SMARTS) is 1. The van der Waals surface area contributed by atoms with Gasteiger partial charge in [0.2, 0.25) is 0 Å². The van der Waals surface area contributed by atoms with Gasteiger partial charge < -0.3 is 19.8 Å². The van der Waals surface area contributed by atoms with E-state index in [0.717, 1.165) is 0 Å². The van der Waals surface area contributed by atoms with E-state index in [1.54, 1.807) is 17.0 Å². The van der Waals surface area contributed by atoms with Crippen molar-refractivity contribution in [1.29, 1.82) is 0 Å². The lowest BCUT2D eigenvalue weighted by molar-refractivity contribution is 0.0268. The Hall–Kier alpha value is -2.08. The molecule has 1 amide bonds. The first-order chi connectivity index (χ1) is 10.7. The first kappa shape index (κ1) is 17.3. The van der Waals surface area contributed by atoms with Crippen LogP contribution < -0.4 is 0 Å². The van der Waals surface area contributed by atoms with Gasteiger partial charge in [0.05, 0.1) is 11.7 Å². The molecule has 0 aromatic heterocycles. The molecule has 1 heterocycles. The van der Waals surface area contributed by atoms with Crippen molar-refractivity contribution in [3.05, 3.63) is 35.4 Å². The summed E-state index contributed by atoms with van der Waals surface area (Å²) >= 11 is 0. The molecule has 0 saturated carbocycles. The lowest BCUT2D eigenvalue weighted by Gasteiger charge is -2.25. The number of amides is 1. The number of carboxylic acids is 1. The van der Waals surface area contributed by atoms with Crippen molar-refractivity contribution < 1.29 is 24.5 Å². The summed E-state index contributed by atoms with van der Waals surface area (Å²) in [4.78, 5) is 24.7. The second kappa shape index (κ2) is 6.58. The normalized spacial score (nSPS) is 19.5. The molecule has 0 aliphatic carbocycles. The number of ether oxygens (including phenoxy) is 1. The van der Waals surface area contributed by atoms with Crippen molar-refractivity contribution in [3.8, 4) is 0 Å². The molecule has 6 heteroatoms. The Kier molecular flexibility index (Phi) is 4.94. The van der Waals surface area contributed by atoms with Gasteiger partial charge in [0.15, 0.2) is 0 Å². The lowest BCUT2D eigenvalue weighted by Crippen LogP contribution is -2.35. The van der Waals surface area contributed by atoms with E-state index in [1.807, 2.05) is 20.8 Å². The van der Waals surface area contributed by atoms with Gasteiger partial charge in [0.25, 0.3) is 0 Å². The zero-order valence-electron chi connectivity index (χ0n) is 13.7. The zero-order chi connectivity index (χ0) is 17.2. The van der Waals surface area contributed by atoms with E-state index in [1.165, 1.54) is 12.1 Å². The average molecular weight is 321 g/mol. The van der Waals surface area contributed by atoms with E-state index in [0.29, 0.717) is 25.1 Å². The predicted octanol–water partition coefficient (Wildman–Crippen LogP) is 2.68. The number of hydrogen-bond acceptors (Lipinski definition) is 4. The summed E-state index contributed by atoms with van der Waals surface area (Å²) in [6.45, 7) is 6.35. The molecule has 0 radical (unpaired) electrons. The van der Waals surface area contributed by atoms with Crippen LogP contribution in [0.4, 0.5) is 4.79 Å². The van der Waals surface area contributed by atoms with Crippen molar-refractivity contribution in [3.63, 3.8) is 0 Å². The molecule has 2 unspecified atom stereocenters. The molecule has 2 atom stereocenters. The molecular formula is C17H23NO5. The largest absolute Gasteiger partial charge is 0.478 e. The van der Waals surface area contributed by atoms with Gasteiger partial charge in [0, 0.05) is 19.0 Å². The standard InChI is InChI=1S/C17H23NO5/c1-17(2,3)23-16(22)18-8-7-13(10-18)14(19)11-5-4-6-12(9-11)15(20)21/h4-6,9,13-14,19H,7-8,10H2,1-3H3,(H,20,21). The number of carbonyl (C=O) groups is 2. The summed E-state index contributed by atoms with van der Waals surface area (Å²) in [6, 6.07) is 6.28. The molecule has 6 nitrogen and oxygen atoms in total. The monoisotopic (exact) mass is 321 g/mol. The van der Waals surface area contributed by atoms with Crippen molar-refractivity contribution in [2.45, 2.75) is 38.9 Å².